The molecule has 1 fully saturated rings. The van der Waals surface area contributed by atoms with Crippen LogP contribution in [0.5, 0.6) is 0 Å². The van der Waals surface area contributed by atoms with Crippen LogP contribution in [0.4, 0.5) is 5.69 Å². The maximum atomic E-state index is 5.28. The Bertz CT molecular complexity index is 414. The molecule has 0 atom stereocenters. The number of piperidine rings is 1. The highest BCUT2D eigenvalue weighted by molar-refractivity contribution is 5.52. The fraction of sp³-hybridized carbons (Fsp3) is 0.706. The van der Waals surface area contributed by atoms with Gasteiger partial charge in [0, 0.05) is 39.5 Å². The van der Waals surface area contributed by atoms with Gasteiger partial charge in [0.15, 0.2) is 0 Å². The lowest BCUT2D eigenvalue weighted by atomic mass is 9.97. The molecule has 118 valence electrons. The minimum absolute atomic E-state index is 0.681. The van der Waals surface area contributed by atoms with Crippen molar-refractivity contribution in [3.8, 4) is 0 Å². The lowest BCUT2D eigenvalue weighted by Crippen LogP contribution is -2.36. The van der Waals surface area contributed by atoms with Crippen LogP contribution < -0.4 is 10.2 Å². The molecule has 0 aliphatic carbocycles. The van der Waals surface area contributed by atoms with Crippen molar-refractivity contribution in [1.29, 1.82) is 0 Å². The summed E-state index contributed by atoms with van der Waals surface area (Å²) < 4.78 is 5.28. The molecule has 2 heterocycles. The summed E-state index contributed by atoms with van der Waals surface area (Å²) in [7, 11) is 1.80. The minimum atomic E-state index is 0.681. The average Bonchev–Trinajstić information content (AvgIpc) is 2.49. The molecule has 1 aliphatic heterocycles. The zero-order valence-corrected chi connectivity index (χ0v) is 13.6. The maximum absolute atomic E-state index is 5.28. The summed E-state index contributed by atoms with van der Waals surface area (Å²) in [5.41, 5.74) is 2.65. The number of rotatable bonds is 7. The first-order chi connectivity index (χ1) is 10.2. The van der Waals surface area contributed by atoms with E-state index in [-0.39, 0.29) is 0 Å². The average molecular weight is 291 g/mol. The van der Waals surface area contributed by atoms with Crippen molar-refractivity contribution in [3.05, 3.63) is 24.0 Å². The second kappa shape index (κ2) is 8.35. The van der Waals surface area contributed by atoms with Gasteiger partial charge in [-0.3, -0.25) is 4.98 Å². The Morgan fingerprint density at radius 1 is 1.38 bits per heavy atom. The van der Waals surface area contributed by atoms with Crippen molar-refractivity contribution in [2.24, 2.45) is 11.8 Å². The highest BCUT2D eigenvalue weighted by Gasteiger charge is 2.20. The van der Waals surface area contributed by atoms with Gasteiger partial charge in [-0.25, -0.2) is 0 Å². The van der Waals surface area contributed by atoms with Gasteiger partial charge in [-0.15, -0.1) is 0 Å². The third kappa shape index (κ3) is 4.97. The van der Waals surface area contributed by atoms with Crippen molar-refractivity contribution in [3.63, 3.8) is 0 Å². The summed E-state index contributed by atoms with van der Waals surface area (Å²) in [5.74, 6) is 1.39. The van der Waals surface area contributed by atoms with Crippen LogP contribution in [0.25, 0.3) is 0 Å². The molecule has 4 nitrogen and oxygen atoms in total. The summed E-state index contributed by atoms with van der Waals surface area (Å²) in [4.78, 5) is 6.80. The lowest BCUT2D eigenvalue weighted by molar-refractivity contribution is 0.139. The van der Waals surface area contributed by atoms with Crippen LogP contribution in [0, 0.1) is 11.8 Å². The molecule has 0 radical (unpaired) electrons. The molecule has 1 aromatic heterocycles. The zero-order chi connectivity index (χ0) is 15.1. The predicted octanol–water partition coefficient (Wildman–Crippen LogP) is 2.69. The van der Waals surface area contributed by atoms with Crippen LogP contribution in [-0.4, -0.2) is 38.3 Å². The molecule has 1 aliphatic rings. The van der Waals surface area contributed by atoms with E-state index in [0.29, 0.717) is 11.8 Å². The maximum Gasteiger partial charge on any atom is 0.0598 e. The van der Waals surface area contributed by atoms with E-state index in [1.54, 1.807) is 7.11 Å². The van der Waals surface area contributed by atoms with E-state index in [1.807, 2.05) is 12.4 Å². The highest BCUT2D eigenvalue weighted by Crippen LogP contribution is 2.25. The molecule has 1 saturated heterocycles. The first kappa shape index (κ1) is 16.2. The van der Waals surface area contributed by atoms with E-state index < -0.39 is 0 Å². The molecule has 2 rings (SSSR count). The van der Waals surface area contributed by atoms with Crippen molar-refractivity contribution in [1.82, 2.24) is 10.3 Å². The Hall–Kier alpha value is -1.13. The smallest absolute Gasteiger partial charge is 0.0598 e. The standard InChI is InChI=1S/C17H29N3O/c1-14(2)10-19-11-16-4-7-18-12-17(16)20-8-5-15(6-9-20)13-21-3/h4,7,12,14-15,19H,5-6,8-11,13H2,1-3H3. The Labute approximate surface area is 128 Å². The lowest BCUT2D eigenvalue weighted by Gasteiger charge is -2.34. The quantitative estimate of drug-likeness (QED) is 0.838. The van der Waals surface area contributed by atoms with Crippen LogP contribution >= 0.6 is 0 Å². The number of nitrogens with one attached hydrogen (secondary N) is 1. The van der Waals surface area contributed by atoms with Gasteiger partial charge < -0.3 is 15.0 Å². The number of methoxy groups -OCH3 is 1. The first-order valence-electron chi connectivity index (χ1n) is 8.08. The molecule has 4 heteroatoms. The number of aromatic nitrogens is 1. The van der Waals surface area contributed by atoms with Gasteiger partial charge >= 0.3 is 0 Å². The zero-order valence-electron chi connectivity index (χ0n) is 13.6. The SMILES string of the molecule is COCC1CCN(c2cnccc2CNCC(C)C)CC1. The molecule has 1 aromatic rings. The molecule has 0 unspecified atom stereocenters. The number of hydrogen-bond donors (Lipinski definition) is 1. The molecular formula is C17H29N3O. The van der Waals surface area contributed by atoms with Gasteiger partial charge in [0.05, 0.1) is 11.9 Å². The molecule has 0 amide bonds. The van der Waals surface area contributed by atoms with Gasteiger partial charge in [0.2, 0.25) is 0 Å². The largest absolute Gasteiger partial charge is 0.384 e. The Morgan fingerprint density at radius 3 is 2.81 bits per heavy atom. The van der Waals surface area contributed by atoms with Crippen molar-refractivity contribution in [2.45, 2.75) is 33.2 Å². The highest BCUT2D eigenvalue weighted by atomic mass is 16.5. The minimum Gasteiger partial charge on any atom is -0.384 e. The van der Waals surface area contributed by atoms with Crippen molar-refractivity contribution in [2.75, 3.05) is 38.3 Å². The Balaban J connectivity index is 1.93. The molecule has 0 aromatic carbocycles. The second-order valence-corrected chi connectivity index (χ2v) is 6.41. The molecular weight excluding hydrogens is 262 g/mol. The normalized spacial score (nSPS) is 16.7. The van der Waals surface area contributed by atoms with Crippen LogP contribution in [0.2, 0.25) is 0 Å². The van der Waals surface area contributed by atoms with Gasteiger partial charge in [0.1, 0.15) is 0 Å². The second-order valence-electron chi connectivity index (χ2n) is 6.41. The monoisotopic (exact) mass is 291 g/mol. The van der Waals surface area contributed by atoms with E-state index in [1.165, 1.54) is 24.1 Å². The molecule has 1 N–H and O–H groups in total. The van der Waals surface area contributed by atoms with Crippen LogP contribution in [0.1, 0.15) is 32.3 Å². The van der Waals surface area contributed by atoms with E-state index in [9.17, 15) is 0 Å². The summed E-state index contributed by atoms with van der Waals surface area (Å²) in [6.45, 7) is 9.56. The number of nitrogens with zero attached hydrogens (tertiary/aromatic N) is 2. The Kier molecular flexibility index (Phi) is 6.46. The summed E-state index contributed by atoms with van der Waals surface area (Å²) >= 11 is 0. The van der Waals surface area contributed by atoms with Gasteiger partial charge in [-0.1, -0.05) is 13.8 Å². The number of pyridine rings is 1. The fourth-order valence-electron chi connectivity index (χ4n) is 2.92. The van der Waals surface area contributed by atoms with Crippen LogP contribution in [0.15, 0.2) is 18.5 Å². The molecule has 21 heavy (non-hydrogen) atoms. The number of hydrogen-bond acceptors (Lipinski definition) is 4. The van der Waals surface area contributed by atoms with Crippen molar-refractivity contribution < 1.29 is 4.74 Å². The molecule has 0 saturated carbocycles. The summed E-state index contributed by atoms with van der Waals surface area (Å²) in [6.07, 6.45) is 6.33. The van der Waals surface area contributed by atoms with E-state index in [2.05, 4.69) is 35.1 Å². The number of ether oxygens (including phenoxy) is 1. The molecule has 0 bridgehead atoms. The van der Waals surface area contributed by atoms with Crippen LogP contribution in [-0.2, 0) is 11.3 Å². The van der Waals surface area contributed by atoms with Gasteiger partial charge in [0.25, 0.3) is 0 Å². The van der Waals surface area contributed by atoms with E-state index in [4.69, 9.17) is 4.74 Å². The van der Waals surface area contributed by atoms with Gasteiger partial charge in [-0.2, -0.15) is 0 Å². The third-order valence-corrected chi connectivity index (χ3v) is 4.11. The van der Waals surface area contributed by atoms with Gasteiger partial charge in [-0.05, 0) is 42.9 Å². The first-order valence-corrected chi connectivity index (χ1v) is 8.08. The summed E-state index contributed by atoms with van der Waals surface area (Å²) in [6, 6.07) is 2.14. The summed E-state index contributed by atoms with van der Waals surface area (Å²) in [5, 5.41) is 3.54. The fourth-order valence-corrected chi connectivity index (χ4v) is 2.92. The van der Waals surface area contributed by atoms with Crippen LogP contribution in [0.3, 0.4) is 0 Å². The molecule has 0 spiro atoms. The predicted molar refractivity (Wildman–Crippen MR) is 87.6 cm³/mol. The third-order valence-electron chi connectivity index (χ3n) is 4.11. The van der Waals surface area contributed by atoms with E-state index in [0.717, 1.165) is 32.8 Å². The van der Waals surface area contributed by atoms with Crippen molar-refractivity contribution >= 4 is 5.69 Å². The van der Waals surface area contributed by atoms with E-state index >= 15 is 0 Å². The Morgan fingerprint density at radius 2 is 2.14 bits per heavy atom. The topological polar surface area (TPSA) is 37.4 Å². The number of anilines is 1.